The van der Waals surface area contributed by atoms with E-state index in [-0.39, 0.29) is 0 Å². The van der Waals surface area contributed by atoms with Crippen molar-refractivity contribution in [2.75, 3.05) is 0 Å². The molecule has 0 saturated carbocycles. The van der Waals surface area contributed by atoms with Crippen LogP contribution in [0.15, 0.2) is 158 Å². The summed E-state index contributed by atoms with van der Waals surface area (Å²) >= 11 is 0. The standard InChI is InChI=1S/C43H31N3/c1-2-8-30(9-3-1)31-15-19-35(20-16-31)41-29-45-43(46-42(41)36-23-17-32(18-24-36)38-12-7-27-44-28-38)37-25-21-34(22-26-37)40-14-6-11-33-10-4-5-13-39(33)40/h1-3,5-9,11-29H,4,10H2. The van der Waals surface area contributed by atoms with Gasteiger partial charge in [0, 0.05) is 35.3 Å². The first kappa shape index (κ1) is 27.6. The van der Waals surface area contributed by atoms with Crippen molar-refractivity contribution in [1.82, 2.24) is 15.0 Å². The molecule has 46 heavy (non-hydrogen) atoms. The summed E-state index contributed by atoms with van der Waals surface area (Å²) in [5.41, 5.74) is 14.8. The third-order valence-corrected chi connectivity index (χ3v) is 8.76. The van der Waals surface area contributed by atoms with Gasteiger partial charge in [0.1, 0.15) is 0 Å². The summed E-state index contributed by atoms with van der Waals surface area (Å²) in [6.07, 6.45) is 12.4. The van der Waals surface area contributed by atoms with E-state index in [9.17, 15) is 0 Å². The summed E-state index contributed by atoms with van der Waals surface area (Å²) in [5, 5.41) is 0. The molecule has 3 heteroatoms. The number of rotatable bonds is 6. The Morgan fingerprint density at radius 1 is 0.457 bits per heavy atom. The summed E-state index contributed by atoms with van der Waals surface area (Å²) in [6.45, 7) is 0. The fourth-order valence-corrected chi connectivity index (χ4v) is 6.30. The zero-order valence-electron chi connectivity index (χ0n) is 25.3. The lowest BCUT2D eigenvalue weighted by atomic mass is 9.90. The fraction of sp³-hybridized carbons (Fsp3) is 0.0465. The molecule has 0 amide bonds. The topological polar surface area (TPSA) is 38.7 Å². The first-order valence-corrected chi connectivity index (χ1v) is 15.7. The minimum Gasteiger partial charge on any atom is -0.264 e. The molecule has 5 aromatic carbocycles. The van der Waals surface area contributed by atoms with Crippen LogP contribution in [0.2, 0.25) is 0 Å². The number of aryl methyl sites for hydroxylation is 1. The van der Waals surface area contributed by atoms with E-state index < -0.39 is 0 Å². The molecular weight excluding hydrogens is 558 g/mol. The Morgan fingerprint density at radius 2 is 1.09 bits per heavy atom. The number of hydrogen-bond donors (Lipinski definition) is 0. The highest BCUT2D eigenvalue weighted by molar-refractivity contribution is 5.84. The molecule has 2 heterocycles. The largest absolute Gasteiger partial charge is 0.264 e. The van der Waals surface area contributed by atoms with Crippen molar-refractivity contribution in [1.29, 1.82) is 0 Å². The molecule has 0 atom stereocenters. The summed E-state index contributed by atoms with van der Waals surface area (Å²) in [6, 6.07) is 47.0. The smallest absolute Gasteiger partial charge is 0.159 e. The molecule has 0 spiro atoms. The fourth-order valence-electron chi connectivity index (χ4n) is 6.30. The molecule has 0 N–H and O–H groups in total. The second-order valence-electron chi connectivity index (χ2n) is 11.6. The predicted octanol–water partition coefficient (Wildman–Crippen LogP) is 10.8. The van der Waals surface area contributed by atoms with Crippen LogP contribution in [0, 0.1) is 0 Å². The van der Waals surface area contributed by atoms with E-state index in [1.165, 1.54) is 33.4 Å². The lowest BCUT2D eigenvalue weighted by Gasteiger charge is -2.15. The Hall–Kier alpha value is -5.93. The maximum atomic E-state index is 5.21. The molecule has 7 aromatic rings. The van der Waals surface area contributed by atoms with Crippen molar-refractivity contribution in [2.45, 2.75) is 12.8 Å². The highest BCUT2D eigenvalue weighted by Crippen LogP contribution is 2.36. The minimum atomic E-state index is 0.706. The van der Waals surface area contributed by atoms with E-state index in [1.807, 2.05) is 24.5 Å². The van der Waals surface area contributed by atoms with E-state index in [2.05, 4.69) is 138 Å². The maximum Gasteiger partial charge on any atom is 0.159 e. The van der Waals surface area contributed by atoms with Crippen molar-refractivity contribution in [3.8, 4) is 67.2 Å². The van der Waals surface area contributed by atoms with Gasteiger partial charge in [0.05, 0.1) is 5.69 Å². The average Bonchev–Trinajstić information content (AvgIpc) is 3.15. The van der Waals surface area contributed by atoms with Crippen molar-refractivity contribution in [2.24, 2.45) is 0 Å². The Labute approximate surface area is 269 Å². The van der Waals surface area contributed by atoms with Gasteiger partial charge in [-0.15, -0.1) is 0 Å². The van der Waals surface area contributed by atoms with Gasteiger partial charge in [0.15, 0.2) is 5.82 Å². The Morgan fingerprint density at radius 3 is 1.83 bits per heavy atom. The normalized spacial score (nSPS) is 12.1. The number of aromatic nitrogens is 3. The lowest BCUT2D eigenvalue weighted by molar-refractivity contribution is 0.986. The van der Waals surface area contributed by atoms with Crippen LogP contribution in [0.1, 0.15) is 17.5 Å². The SMILES string of the molecule is C1=Cc2c(cccc2-c2ccc(-c3ncc(-c4ccc(-c5ccccc5)cc4)c(-c4ccc(-c5cccnc5)cc4)n3)cc2)CC1. The molecule has 1 aliphatic rings. The van der Waals surface area contributed by atoms with Crippen LogP contribution < -0.4 is 0 Å². The highest BCUT2D eigenvalue weighted by atomic mass is 14.9. The molecule has 0 aliphatic heterocycles. The predicted molar refractivity (Wildman–Crippen MR) is 190 cm³/mol. The first-order valence-electron chi connectivity index (χ1n) is 15.7. The van der Waals surface area contributed by atoms with Gasteiger partial charge in [-0.05, 0) is 69.0 Å². The van der Waals surface area contributed by atoms with Crippen LogP contribution in [-0.4, -0.2) is 15.0 Å². The second-order valence-corrected chi connectivity index (χ2v) is 11.6. The number of hydrogen-bond acceptors (Lipinski definition) is 3. The average molecular weight is 590 g/mol. The van der Waals surface area contributed by atoms with Crippen molar-refractivity contribution in [3.63, 3.8) is 0 Å². The van der Waals surface area contributed by atoms with Gasteiger partial charge in [-0.25, -0.2) is 9.97 Å². The highest BCUT2D eigenvalue weighted by Gasteiger charge is 2.15. The number of pyridine rings is 1. The molecule has 8 rings (SSSR count). The molecular formula is C43H31N3. The van der Waals surface area contributed by atoms with Crippen LogP contribution in [0.4, 0.5) is 0 Å². The Balaban J connectivity index is 1.18. The Kier molecular flexibility index (Phi) is 7.33. The van der Waals surface area contributed by atoms with Gasteiger partial charge in [0.2, 0.25) is 0 Å². The van der Waals surface area contributed by atoms with Crippen LogP contribution in [0.3, 0.4) is 0 Å². The summed E-state index contributed by atoms with van der Waals surface area (Å²) in [4.78, 5) is 14.4. The molecule has 0 unspecified atom stereocenters. The zero-order chi connectivity index (χ0) is 30.7. The lowest BCUT2D eigenvalue weighted by Crippen LogP contribution is -1.97. The van der Waals surface area contributed by atoms with Gasteiger partial charge in [-0.3, -0.25) is 4.98 Å². The summed E-state index contributed by atoms with van der Waals surface area (Å²) < 4.78 is 0. The third-order valence-electron chi connectivity index (χ3n) is 8.76. The molecule has 0 radical (unpaired) electrons. The molecule has 1 aliphatic carbocycles. The molecule has 0 bridgehead atoms. The maximum absolute atomic E-state index is 5.21. The number of benzene rings is 5. The van der Waals surface area contributed by atoms with Crippen molar-refractivity contribution in [3.05, 3.63) is 169 Å². The molecule has 0 fully saturated rings. The van der Waals surface area contributed by atoms with Crippen LogP contribution >= 0.6 is 0 Å². The van der Waals surface area contributed by atoms with Gasteiger partial charge in [-0.1, -0.05) is 140 Å². The molecule has 2 aromatic heterocycles. The Bertz CT molecular complexity index is 2150. The van der Waals surface area contributed by atoms with Crippen molar-refractivity contribution < 1.29 is 0 Å². The second kappa shape index (κ2) is 12.2. The van der Waals surface area contributed by atoms with Crippen LogP contribution in [0.25, 0.3) is 73.2 Å². The van der Waals surface area contributed by atoms with E-state index in [0.717, 1.165) is 51.9 Å². The van der Waals surface area contributed by atoms with Crippen molar-refractivity contribution >= 4 is 6.08 Å². The van der Waals surface area contributed by atoms with Gasteiger partial charge < -0.3 is 0 Å². The summed E-state index contributed by atoms with van der Waals surface area (Å²) in [7, 11) is 0. The number of nitrogens with zero attached hydrogens (tertiary/aromatic N) is 3. The zero-order valence-corrected chi connectivity index (χ0v) is 25.3. The summed E-state index contributed by atoms with van der Waals surface area (Å²) in [5.74, 6) is 0.706. The minimum absolute atomic E-state index is 0.706. The van der Waals surface area contributed by atoms with Gasteiger partial charge in [-0.2, -0.15) is 0 Å². The van der Waals surface area contributed by atoms with E-state index in [4.69, 9.17) is 9.97 Å². The number of allylic oxidation sites excluding steroid dienone is 1. The van der Waals surface area contributed by atoms with E-state index >= 15 is 0 Å². The van der Waals surface area contributed by atoms with E-state index in [1.54, 1.807) is 6.20 Å². The third kappa shape index (κ3) is 5.44. The molecule has 0 saturated heterocycles. The van der Waals surface area contributed by atoms with Gasteiger partial charge in [0.25, 0.3) is 0 Å². The quantitative estimate of drug-likeness (QED) is 0.194. The van der Waals surface area contributed by atoms with Crippen LogP contribution in [0.5, 0.6) is 0 Å². The molecule has 218 valence electrons. The monoisotopic (exact) mass is 589 g/mol. The first-order chi connectivity index (χ1) is 22.8. The molecule has 3 nitrogen and oxygen atoms in total. The number of fused-ring (bicyclic) bond motifs is 1. The van der Waals surface area contributed by atoms with Crippen LogP contribution in [-0.2, 0) is 6.42 Å². The van der Waals surface area contributed by atoms with Gasteiger partial charge >= 0.3 is 0 Å². The van der Waals surface area contributed by atoms with E-state index in [0.29, 0.717) is 5.82 Å².